The van der Waals surface area contributed by atoms with Crippen molar-refractivity contribution in [1.29, 1.82) is 0 Å². The molecule has 0 radical (unpaired) electrons. The van der Waals surface area contributed by atoms with Gasteiger partial charge in [-0.15, -0.1) is 0 Å². The van der Waals surface area contributed by atoms with Crippen LogP contribution in [0.2, 0.25) is 0 Å². The average molecular weight is 289 g/mol. The standard InChI is InChI=1S/C10H19N5O3S/c1-8(2)15(5-4-10(11)13-16)19(17,18)9-6-12-14(3)7-9/h6-8,16H,4-5H2,1-3H3,(H2,11,13). The smallest absolute Gasteiger partial charge is 0.246 e. The number of amidine groups is 1. The molecule has 9 heteroatoms. The first-order valence-electron chi connectivity index (χ1n) is 5.76. The third-order valence-corrected chi connectivity index (χ3v) is 4.61. The van der Waals surface area contributed by atoms with E-state index in [2.05, 4.69) is 10.3 Å². The molecule has 108 valence electrons. The first kappa shape index (κ1) is 15.4. The molecule has 0 spiro atoms. The highest BCUT2D eigenvalue weighted by Crippen LogP contribution is 2.17. The second-order valence-corrected chi connectivity index (χ2v) is 6.29. The van der Waals surface area contributed by atoms with Crippen LogP contribution in [0.5, 0.6) is 0 Å². The van der Waals surface area contributed by atoms with E-state index in [1.165, 1.54) is 21.4 Å². The van der Waals surface area contributed by atoms with Gasteiger partial charge in [-0.1, -0.05) is 5.16 Å². The maximum absolute atomic E-state index is 12.4. The molecular weight excluding hydrogens is 270 g/mol. The third-order valence-electron chi connectivity index (χ3n) is 2.58. The Morgan fingerprint density at radius 3 is 2.68 bits per heavy atom. The normalized spacial score (nSPS) is 13.4. The van der Waals surface area contributed by atoms with Gasteiger partial charge in [0.05, 0.1) is 6.20 Å². The van der Waals surface area contributed by atoms with Gasteiger partial charge in [0, 0.05) is 32.3 Å². The summed E-state index contributed by atoms with van der Waals surface area (Å²) in [6, 6.07) is -0.239. The Morgan fingerprint density at radius 2 is 2.26 bits per heavy atom. The molecule has 19 heavy (non-hydrogen) atoms. The van der Waals surface area contributed by atoms with Gasteiger partial charge >= 0.3 is 0 Å². The molecule has 0 saturated carbocycles. The highest BCUT2D eigenvalue weighted by molar-refractivity contribution is 7.89. The van der Waals surface area contributed by atoms with Crippen LogP contribution in [0.15, 0.2) is 22.4 Å². The predicted molar refractivity (Wildman–Crippen MR) is 70.3 cm³/mol. The highest BCUT2D eigenvalue weighted by atomic mass is 32.2. The van der Waals surface area contributed by atoms with E-state index < -0.39 is 10.0 Å². The number of nitrogens with two attached hydrogens (primary N) is 1. The molecule has 1 aromatic rings. The Hall–Kier alpha value is -1.61. The topological polar surface area (TPSA) is 114 Å². The van der Waals surface area contributed by atoms with Crippen molar-refractivity contribution in [3.05, 3.63) is 12.4 Å². The van der Waals surface area contributed by atoms with Gasteiger partial charge in [0.15, 0.2) is 0 Å². The van der Waals surface area contributed by atoms with E-state index in [1.807, 2.05) is 0 Å². The van der Waals surface area contributed by atoms with Crippen LogP contribution < -0.4 is 5.73 Å². The lowest BCUT2D eigenvalue weighted by Crippen LogP contribution is -2.39. The summed E-state index contributed by atoms with van der Waals surface area (Å²) >= 11 is 0. The molecule has 1 heterocycles. The van der Waals surface area contributed by atoms with Gasteiger partial charge < -0.3 is 10.9 Å². The molecular formula is C10H19N5O3S. The Morgan fingerprint density at radius 1 is 1.63 bits per heavy atom. The molecule has 0 amide bonds. The van der Waals surface area contributed by atoms with Gasteiger partial charge in [-0.2, -0.15) is 9.40 Å². The number of aryl methyl sites for hydroxylation is 1. The van der Waals surface area contributed by atoms with Gasteiger partial charge in [-0.3, -0.25) is 4.68 Å². The van der Waals surface area contributed by atoms with Crippen molar-refractivity contribution in [3.63, 3.8) is 0 Å². The van der Waals surface area contributed by atoms with Crippen LogP contribution in [0, 0.1) is 0 Å². The van der Waals surface area contributed by atoms with Crippen LogP contribution in [0.25, 0.3) is 0 Å². The first-order valence-corrected chi connectivity index (χ1v) is 7.20. The summed E-state index contributed by atoms with van der Waals surface area (Å²) in [4.78, 5) is 0.128. The van der Waals surface area contributed by atoms with Crippen LogP contribution in [-0.4, -0.2) is 46.1 Å². The van der Waals surface area contributed by atoms with E-state index in [0.29, 0.717) is 0 Å². The van der Waals surface area contributed by atoms with Crippen LogP contribution in [-0.2, 0) is 17.1 Å². The molecule has 3 N–H and O–H groups in total. The number of nitrogens with zero attached hydrogens (tertiary/aromatic N) is 4. The second kappa shape index (κ2) is 6.02. The summed E-state index contributed by atoms with van der Waals surface area (Å²) in [5.74, 6) is -0.00737. The fourth-order valence-electron chi connectivity index (χ4n) is 1.60. The zero-order valence-electron chi connectivity index (χ0n) is 11.2. The van der Waals surface area contributed by atoms with Gasteiger partial charge in [0.1, 0.15) is 10.7 Å². The molecule has 0 saturated heterocycles. The summed E-state index contributed by atoms with van der Waals surface area (Å²) in [7, 11) is -1.98. The molecule has 8 nitrogen and oxygen atoms in total. The van der Waals surface area contributed by atoms with Crippen LogP contribution in [0.3, 0.4) is 0 Å². The molecule has 1 rings (SSSR count). The third kappa shape index (κ3) is 3.67. The summed E-state index contributed by atoms with van der Waals surface area (Å²) < 4.78 is 27.6. The van der Waals surface area contributed by atoms with E-state index in [-0.39, 0.29) is 29.7 Å². The van der Waals surface area contributed by atoms with Gasteiger partial charge in [0.2, 0.25) is 10.0 Å². The minimum Gasteiger partial charge on any atom is -0.409 e. The lowest BCUT2D eigenvalue weighted by Gasteiger charge is -2.24. The largest absolute Gasteiger partial charge is 0.409 e. The number of hydrogen-bond donors (Lipinski definition) is 2. The quantitative estimate of drug-likeness (QED) is 0.330. The Bertz CT molecular complexity index is 549. The molecule has 0 unspecified atom stereocenters. The maximum atomic E-state index is 12.4. The van der Waals surface area contributed by atoms with Gasteiger partial charge in [0.25, 0.3) is 0 Å². The van der Waals surface area contributed by atoms with E-state index >= 15 is 0 Å². The lowest BCUT2D eigenvalue weighted by atomic mass is 10.3. The predicted octanol–water partition coefficient (Wildman–Crippen LogP) is -0.0443. The Labute approximate surface area is 112 Å². The van der Waals surface area contributed by atoms with Crippen molar-refractivity contribution < 1.29 is 13.6 Å². The molecule has 0 aromatic carbocycles. The average Bonchev–Trinajstić information content (AvgIpc) is 2.75. The maximum Gasteiger partial charge on any atom is 0.246 e. The fraction of sp³-hybridized carbons (Fsp3) is 0.600. The minimum absolute atomic E-state index is 0.00737. The molecule has 0 aliphatic carbocycles. The summed E-state index contributed by atoms with van der Waals surface area (Å²) in [5, 5.41) is 15.2. The van der Waals surface area contributed by atoms with Crippen LogP contribution in [0.4, 0.5) is 0 Å². The van der Waals surface area contributed by atoms with Crippen molar-refractivity contribution in [2.45, 2.75) is 31.2 Å². The van der Waals surface area contributed by atoms with Crippen molar-refractivity contribution in [2.24, 2.45) is 17.9 Å². The van der Waals surface area contributed by atoms with E-state index in [9.17, 15) is 8.42 Å². The van der Waals surface area contributed by atoms with E-state index in [1.54, 1.807) is 20.9 Å². The van der Waals surface area contributed by atoms with Crippen molar-refractivity contribution in [3.8, 4) is 0 Å². The van der Waals surface area contributed by atoms with E-state index in [4.69, 9.17) is 10.9 Å². The Balaban J connectivity index is 2.98. The number of oxime groups is 1. The first-order chi connectivity index (χ1) is 8.78. The summed E-state index contributed by atoms with van der Waals surface area (Å²) in [5.41, 5.74) is 5.37. The molecule has 1 aromatic heterocycles. The van der Waals surface area contributed by atoms with Gasteiger partial charge in [-0.05, 0) is 13.8 Å². The number of rotatable bonds is 6. The monoisotopic (exact) mass is 289 g/mol. The lowest BCUT2D eigenvalue weighted by molar-refractivity contribution is 0.313. The molecule has 0 fully saturated rings. The number of aromatic nitrogens is 2. The van der Waals surface area contributed by atoms with Gasteiger partial charge in [-0.25, -0.2) is 8.42 Å². The molecule has 0 bridgehead atoms. The van der Waals surface area contributed by atoms with Crippen LogP contribution in [0.1, 0.15) is 20.3 Å². The number of hydrogen-bond acceptors (Lipinski definition) is 5. The minimum atomic E-state index is -3.63. The summed E-state index contributed by atoms with van der Waals surface area (Å²) in [6.07, 6.45) is 2.90. The van der Waals surface area contributed by atoms with Crippen molar-refractivity contribution in [1.82, 2.24) is 14.1 Å². The second-order valence-electron chi connectivity index (χ2n) is 4.40. The fourth-order valence-corrected chi connectivity index (χ4v) is 3.22. The SMILES string of the molecule is CC(C)N(CCC(N)=NO)S(=O)(=O)c1cnn(C)c1. The number of sulfonamides is 1. The summed E-state index contributed by atoms with van der Waals surface area (Å²) in [6.45, 7) is 3.67. The zero-order valence-corrected chi connectivity index (χ0v) is 12.0. The van der Waals surface area contributed by atoms with Crippen molar-refractivity contribution >= 4 is 15.9 Å². The van der Waals surface area contributed by atoms with Crippen LogP contribution >= 0.6 is 0 Å². The molecule has 0 aliphatic heterocycles. The molecule has 0 aliphatic rings. The molecule has 0 atom stereocenters. The Kier molecular flexibility index (Phi) is 4.90. The van der Waals surface area contributed by atoms with E-state index in [0.717, 1.165) is 0 Å². The zero-order chi connectivity index (χ0) is 14.6. The highest BCUT2D eigenvalue weighted by Gasteiger charge is 2.28. The van der Waals surface area contributed by atoms with Crippen molar-refractivity contribution in [2.75, 3.05) is 6.54 Å².